The van der Waals surface area contributed by atoms with E-state index in [-0.39, 0.29) is 5.84 Å². The van der Waals surface area contributed by atoms with Crippen molar-refractivity contribution in [2.75, 3.05) is 20.6 Å². The quantitative estimate of drug-likeness (QED) is 0.439. The van der Waals surface area contributed by atoms with Crippen molar-refractivity contribution in [3.8, 4) is 5.75 Å². The Balaban J connectivity index is 2.06. The van der Waals surface area contributed by atoms with Gasteiger partial charge in [-0.05, 0) is 57.1 Å². The van der Waals surface area contributed by atoms with Gasteiger partial charge < -0.3 is 15.6 Å². The third-order valence-corrected chi connectivity index (χ3v) is 5.00. The highest BCUT2D eigenvalue weighted by Crippen LogP contribution is 2.29. The number of carboxylic acid groups (broad SMARTS) is 1. The van der Waals surface area contributed by atoms with Gasteiger partial charge in [0.05, 0.1) is 12.1 Å². The molecule has 7 nitrogen and oxygen atoms in total. The van der Waals surface area contributed by atoms with Crippen LogP contribution in [0.3, 0.4) is 0 Å². The van der Waals surface area contributed by atoms with Crippen molar-refractivity contribution in [1.29, 1.82) is 0 Å². The molecule has 0 saturated carbocycles. The highest BCUT2D eigenvalue weighted by atomic mass is 19.4. The van der Waals surface area contributed by atoms with E-state index in [1.165, 1.54) is 26.0 Å². The lowest BCUT2D eigenvalue weighted by Crippen LogP contribution is -2.38. The molecule has 0 spiro atoms. The van der Waals surface area contributed by atoms with Crippen molar-refractivity contribution >= 4 is 17.6 Å². The Morgan fingerprint density at radius 1 is 1.15 bits per heavy atom. The molecule has 34 heavy (non-hydrogen) atoms. The molecule has 2 aromatic carbocycles. The molecule has 0 aliphatic rings. The number of benzene rings is 2. The molecule has 0 unspecified atom stereocenters. The summed E-state index contributed by atoms with van der Waals surface area (Å²) < 4.78 is 43.8. The molecule has 0 heterocycles. The average molecular weight is 479 g/mol. The van der Waals surface area contributed by atoms with Crippen LogP contribution < -0.4 is 10.5 Å². The smallest absolute Gasteiger partial charge is 0.416 e. The van der Waals surface area contributed by atoms with Gasteiger partial charge in [0.15, 0.2) is 5.60 Å². The molecule has 0 radical (unpaired) electrons. The zero-order valence-corrected chi connectivity index (χ0v) is 19.8. The third-order valence-electron chi connectivity index (χ3n) is 5.00. The van der Waals surface area contributed by atoms with Crippen LogP contribution in [0.1, 0.15) is 36.1 Å². The van der Waals surface area contributed by atoms with Gasteiger partial charge in [0, 0.05) is 19.2 Å². The molecule has 3 N–H and O–H groups in total. The number of aliphatic carboxylic acids is 1. The molecule has 0 bridgehead atoms. The zero-order valence-electron chi connectivity index (χ0n) is 19.8. The second-order valence-corrected chi connectivity index (χ2v) is 8.40. The van der Waals surface area contributed by atoms with Crippen molar-refractivity contribution in [2.45, 2.75) is 39.1 Å². The number of nitrogens with two attached hydrogens (primary N) is 1. The van der Waals surface area contributed by atoms with E-state index in [4.69, 9.17) is 10.5 Å². The van der Waals surface area contributed by atoms with Crippen LogP contribution in [0.2, 0.25) is 0 Å². The number of alkyl halides is 3. The number of amidine groups is 2. The van der Waals surface area contributed by atoms with Gasteiger partial charge in [0.1, 0.15) is 17.4 Å². The summed E-state index contributed by atoms with van der Waals surface area (Å²) >= 11 is 0. The lowest BCUT2D eigenvalue weighted by Gasteiger charge is -2.23. The van der Waals surface area contributed by atoms with Gasteiger partial charge in [-0.15, -0.1) is 0 Å². The van der Waals surface area contributed by atoms with Gasteiger partial charge in [-0.25, -0.2) is 9.79 Å². The summed E-state index contributed by atoms with van der Waals surface area (Å²) in [6, 6.07) is 9.96. The van der Waals surface area contributed by atoms with Gasteiger partial charge in [-0.1, -0.05) is 24.3 Å². The predicted molar refractivity (Wildman–Crippen MR) is 125 cm³/mol. The molecule has 0 amide bonds. The zero-order chi connectivity index (χ0) is 25.7. The number of halogens is 3. The number of rotatable bonds is 8. The normalized spacial score (nSPS) is 13.3. The van der Waals surface area contributed by atoms with E-state index in [2.05, 4.69) is 9.98 Å². The fourth-order valence-corrected chi connectivity index (χ4v) is 3.04. The Labute approximate surface area is 196 Å². The van der Waals surface area contributed by atoms with Crippen LogP contribution >= 0.6 is 0 Å². The van der Waals surface area contributed by atoms with Gasteiger partial charge in [-0.3, -0.25) is 9.89 Å². The maximum atomic E-state index is 12.7. The molecule has 0 atom stereocenters. The maximum absolute atomic E-state index is 12.7. The lowest BCUT2D eigenvalue weighted by molar-refractivity contribution is -0.152. The Morgan fingerprint density at radius 2 is 1.76 bits per heavy atom. The summed E-state index contributed by atoms with van der Waals surface area (Å²) in [7, 11) is 3.43. The number of nitrogens with zero attached hydrogens (tertiary/aromatic N) is 3. The SMILES string of the molecule is CN=C(CN(C)Cc1ccc(OC(C)(C)C(=O)O)c(C)c1)N=C(N)c1ccc(C(F)(F)F)cc1. The molecule has 2 aromatic rings. The van der Waals surface area contributed by atoms with Crippen molar-refractivity contribution < 1.29 is 27.8 Å². The minimum atomic E-state index is -4.42. The van der Waals surface area contributed by atoms with E-state index in [0.29, 0.717) is 30.2 Å². The third kappa shape index (κ3) is 7.31. The summed E-state index contributed by atoms with van der Waals surface area (Å²) in [5.74, 6) is -0.0809. The van der Waals surface area contributed by atoms with Crippen LogP contribution in [0.4, 0.5) is 13.2 Å². The minimum Gasteiger partial charge on any atom is -0.478 e. The van der Waals surface area contributed by atoms with E-state index in [9.17, 15) is 23.1 Å². The number of carbonyl (C=O) groups is 1. The molecule has 0 saturated heterocycles. The molecule has 0 aliphatic heterocycles. The largest absolute Gasteiger partial charge is 0.478 e. The van der Waals surface area contributed by atoms with E-state index in [1.807, 2.05) is 31.0 Å². The summed E-state index contributed by atoms with van der Waals surface area (Å²) in [6.45, 7) is 5.70. The minimum absolute atomic E-state index is 0.0705. The highest BCUT2D eigenvalue weighted by Gasteiger charge is 2.30. The van der Waals surface area contributed by atoms with Gasteiger partial charge in [0.25, 0.3) is 0 Å². The fraction of sp³-hybridized carbons (Fsp3) is 0.375. The van der Waals surface area contributed by atoms with Crippen LogP contribution in [0, 0.1) is 6.92 Å². The Kier molecular flexibility index (Phi) is 8.44. The second-order valence-electron chi connectivity index (χ2n) is 8.40. The molecule has 0 aromatic heterocycles. The number of likely N-dealkylation sites (N-methyl/N-ethyl adjacent to an activating group) is 1. The number of carboxylic acids is 1. The van der Waals surface area contributed by atoms with Crippen molar-refractivity contribution in [3.63, 3.8) is 0 Å². The predicted octanol–water partition coefficient (Wildman–Crippen LogP) is 4.12. The summed E-state index contributed by atoms with van der Waals surface area (Å²) in [5.41, 5.74) is 6.01. The number of aliphatic imine (C=N–C) groups is 2. The summed E-state index contributed by atoms with van der Waals surface area (Å²) in [4.78, 5) is 21.6. The fourth-order valence-electron chi connectivity index (χ4n) is 3.04. The molecule has 0 aliphatic carbocycles. The van der Waals surface area contributed by atoms with Crippen LogP contribution in [-0.2, 0) is 17.5 Å². The number of aryl methyl sites for hydroxylation is 1. The van der Waals surface area contributed by atoms with E-state index in [0.717, 1.165) is 23.3 Å². The van der Waals surface area contributed by atoms with Crippen molar-refractivity contribution in [3.05, 3.63) is 64.7 Å². The first-order chi connectivity index (χ1) is 15.7. The molecular formula is C24H29F3N4O3. The van der Waals surface area contributed by atoms with E-state index < -0.39 is 23.3 Å². The van der Waals surface area contributed by atoms with Gasteiger partial charge in [-0.2, -0.15) is 13.2 Å². The van der Waals surface area contributed by atoms with Crippen molar-refractivity contribution in [1.82, 2.24) is 4.90 Å². The highest BCUT2D eigenvalue weighted by molar-refractivity contribution is 6.05. The monoisotopic (exact) mass is 478 g/mol. The standard InChI is InChI=1S/C24H29F3N4O3/c1-15-12-16(6-11-19(15)34-23(2,3)22(32)33)13-31(5)14-20(29-4)30-21(28)17-7-9-18(10-8-17)24(25,26)27/h6-12H,13-14H2,1-5H3,(H,32,33)(H2,28,29,30). The van der Waals surface area contributed by atoms with Crippen LogP contribution in [0.15, 0.2) is 52.4 Å². The molecule has 184 valence electrons. The topological polar surface area (TPSA) is 101 Å². The molecule has 10 heteroatoms. The summed E-state index contributed by atoms with van der Waals surface area (Å²) in [6.07, 6.45) is -4.42. The molecular weight excluding hydrogens is 449 g/mol. The van der Waals surface area contributed by atoms with Crippen LogP contribution in [0.25, 0.3) is 0 Å². The van der Waals surface area contributed by atoms with Crippen LogP contribution in [0.5, 0.6) is 5.75 Å². The maximum Gasteiger partial charge on any atom is 0.416 e. The summed E-state index contributed by atoms with van der Waals surface area (Å²) in [5, 5.41) is 9.25. The number of hydrogen-bond donors (Lipinski definition) is 2. The van der Waals surface area contributed by atoms with Crippen LogP contribution in [-0.4, -0.2) is 53.9 Å². The van der Waals surface area contributed by atoms with E-state index >= 15 is 0 Å². The first kappa shape index (κ1) is 26.8. The molecule has 0 fully saturated rings. The van der Waals surface area contributed by atoms with Crippen molar-refractivity contribution in [2.24, 2.45) is 15.7 Å². The second kappa shape index (κ2) is 10.7. The van der Waals surface area contributed by atoms with Gasteiger partial charge >= 0.3 is 12.1 Å². The first-order valence-electron chi connectivity index (χ1n) is 10.4. The average Bonchev–Trinajstić information content (AvgIpc) is 2.74. The molecule has 2 rings (SSSR count). The first-order valence-corrected chi connectivity index (χ1v) is 10.4. The van der Waals surface area contributed by atoms with Gasteiger partial charge in [0.2, 0.25) is 0 Å². The Hall–Kier alpha value is -3.40. The number of ether oxygens (including phenoxy) is 1. The Bertz CT molecular complexity index is 1080. The number of hydrogen-bond acceptors (Lipinski definition) is 4. The van der Waals surface area contributed by atoms with E-state index in [1.54, 1.807) is 13.1 Å². The lowest BCUT2D eigenvalue weighted by atomic mass is 10.1. The Morgan fingerprint density at radius 3 is 2.26 bits per heavy atom.